The van der Waals surface area contributed by atoms with Crippen molar-refractivity contribution in [1.82, 2.24) is 10.2 Å². The van der Waals surface area contributed by atoms with Crippen molar-refractivity contribution in [2.75, 3.05) is 5.73 Å². The molecular formula is C4H7N3S2. The van der Waals surface area contributed by atoms with E-state index in [1.807, 2.05) is 6.92 Å². The third-order valence-electron chi connectivity index (χ3n) is 0.814. The molecule has 3 nitrogen and oxygen atoms in total. The highest BCUT2D eigenvalue weighted by Gasteiger charge is 2.04. The molecule has 1 aromatic heterocycles. The normalized spacial score (nSPS) is 13.6. The first-order chi connectivity index (χ1) is 4.20. The zero-order valence-electron chi connectivity index (χ0n) is 4.90. The van der Waals surface area contributed by atoms with Gasteiger partial charge in [0.25, 0.3) is 0 Å². The van der Waals surface area contributed by atoms with Crippen molar-refractivity contribution in [1.29, 1.82) is 0 Å². The molecule has 5 heteroatoms. The first-order valence-electron chi connectivity index (χ1n) is 2.47. The second-order valence-corrected chi connectivity index (χ2v) is 3.47. The molecule has 0 aromatic carbocycles. The van der Waals surface area contributed by atoms with E-state index in [0.29, 0.717) is 5.13 Å². The highest BCUT2D eigenvalue weighted by Crippen LogP contribution is 2.22. The predicted octanol–water partition coefficient (Wildman–Crippen LogP) is 1.11. The second kappa shape index (κ2) is 2.53. The molecule has 0 aliphatic carbocycles. The van der Waals surface area contributed by atoms with Gasteiger partial charge in [0, 0.05) is 0 Å². The first kappa shape index (κ1) is 6.82. The van der Waals surface area contributed by atoms with E-state index in [1.165, 1.54) is 11.3 Å². The van der Waals surface area contributed by atoms with Crippen LogP contribution in [0.3, 0.4) is 0 Å². The van der Waals surface area contributed by atoms with Crippen LogP contribution in [0, 0.1) is 0 Å². The van der Waals surface area contributed by atoms with Gasteiger partial charge in [0.05, 0.1) is 5.25 Å². The van der Waals surface area contributed by atoms with Crippen molar-refractivity contribution in [2.45, 2.75) is 12.2 Å². The average molecular weight is 161 g/mol. The van der Waals surface area contributed by atoms with Crippen molar-refractivity contribution >= 4 is 29.1 Å². The lowest BCUT2D eigenvalue weighted by Crippen LogP contribution is -1.81. The lowest BCUT2D eigenvalue weighted by Gasteiger charge is -1.91. The van der Waals surface area contributed by atoms with E-state index in [2.05, 4.69) is 22.8 Å². The minimum Gasteiger partial charge on any atom is -0.374 e. The van der Waals surface area contributed by atoms with Gasteiger partial charge in [-0.25, -0.2) is 0 Å². The number of nitrogen functional groups attached to an aromatic ring is 1. The Bertz CT molecular complexity index is 195. The van der Waals surface area contributed by atoms with Gasteiger partial charge in [-0.05, 0) is 6.92 Å². The van der Waals surface area contributed by atoms with Crippen LogP contribution in [0.5, 0.6) is 0 Å². The van der Waals surface area contributed by atoms with E-state index in [4.69, 9.17) is 5.73 Å². The van der Waals surface area contributed by atoms with E-state index in [9.17, 15) is 0 Å². The highest BCUT2D eigenvalue weighted by molar-refractivity contribution is 7.80. The van der Waals surface area contributed by atoms with Crippen LogP contribution in [0.25, 0.3) is 0 Å². The first-order valence-corrected chi connectivity index (χ1v) is 3.80. The molecule has 9 heavy (non-hydrogen) atoms. The third kappa shape index (κ3) is 1.56. The van der Waals surface area contributed by atoms with Gasteiger partial charge in [-0.1, -0.05) is 11.3 Å². The Morgan fingerprint density at radius 1 is 1.67 bits per heavy atom. The molecule has 0 amide bonds. The molecule has 0 spiro atoms. The molecule has 0 radical (unpaired) electrons. The van der Waals surface area contributed by atoms with Crippen molar-refractivity contribution in [2.24, 2.45) is 0 Å². The van der Waals surface area contributed by atoms with Gasteiger partial charge in [0.2, 0.25) is 5.13 Å². The number of thiol groups is 1. The minimum atomic E-state index is 0.139. The van der Waals surface area contributed by atoms with Gasteiger partial charge in [0.1, 0.15) is 5.01 Å². The van der Waals surface area contributed by atoms with Crippen LogP contribution in [0.2, 0.25) is 0 Å². The summed E-state index contributed by atoms with van der Waals surface area (Å²) in [5, 5.41) is 8.93. The Hall–Kier alpha value is -0.290. The Balaban J connectivity index is 2.85. The van der Waals surface area contributed by atoms with Crippen molar-refractivity contribution in [3.05, 3.63) is 5.01 Å². The largest absolute Gasteiger partial charge is 0.374 e. The summed E-state index contributed by atoms with van der Waals surface area (Å²) in [4.78, 5) is 0. The minimum absolute atomic E-state index is 0.139. The lowest BCUT2D eigenvalue weighted by molar-refractivity contribution is 0.976. The Labute approximate surface area is 62.7 Å². The van der Waals surface area contributed by atoms with Crippen LogP contribution in [-0.2, 0) is 0 Å². The van der Waals surface area contributed by atoms with Crippen molar-refractivity contribution in [3.8, 4) is 0 Å². The van der Waals surface area contributed by atoms with Gasteiger partial charge in [-0.15, -0.1) is 10.2 Å². The molecule has 1 atom stereocenters. The number of aromatic nitrogens is 2. The number of rotatable bonds is 1. The molecule has 0 fully saturated rings. The third-order valence-corrected chi connectivity index (χ3v) is 2.17. The SMILES string of the molecule is CC(S)c1nnc(N)s1. The smallest absolute Gasteiger partial charge is 0.203 e. The van der Waals surface area contributed by atoms with Crippen molar-refractivity contribution in [3.63, 3.8) is 0 Å². The summed E-state index contributed by atoms with van der Waals surface area (Å²) in [5.74, 6) is 0. The predicted molar refractivity (Wildman–Crippen MR) is 41.7 cm³/mol. The van der Waals surface area contributed by atoms with E-state index < -0.39 is 0 Å². The fourth-order valence-electron chi connectivity index (χ4n) is 0.415. The molecule has 0 aliphatic rings. The zero-order chi connectivity index (χ0) is 6.85. The van der Waals surface area contributed by atoms with Gasteiger partial charge < -0.3 is 5.73 Å². The van der Waals surface area contributed by atoms with Crippen molar-refractivity contribution < 1.29 is 0 Å². The van der Waals surface area contributed by atoms with E-state index >= 15 is 0 Å². The molecule has 1 aromatic rings. The van der Waals surface area contributed by atoms with Crippen LogP contribution in [-0.4, -0.2) is 10.2 Å². The maximum Gasteiger partial charge on any atom is 0.203 e. The summed E-state index contributed by atoms with van der Waals surface area (Å²) >= 11 is 5.53. The molecule has 0 aliphatic heterocycles. The lowest BCUT2D eigenvalue weighted by atomic mass is 10.5. The molecule has 2 N–H and O–H groups in total. The Morgan fingerprint density at radius 2 is 2.33 bits per heavy atom. The summed E-state index contributed by atoms with van der Waals surface area (Å²) < 4.78 is 0. The van der Waals surface area contributed by atoms with E-state index in [0.717, 1.165) is 5.01 Å². The standard InChI is InChI=1S/C4H7N3S2/c1-2(8)3-6-7-4(5)9-3/h2,8H,1H3,(H2,5,7). The molecule has 1 rings (SSSR count). The summed E-state index contributed by atoms with van der Waals surface area (Å²) in [6.45, 7) is 1.93. The van der Waals surface area contributed by atoms with E-state index in [-0.39, 0.29) is 5.25 Å². The van der Waals surface area contributed by atoms with Crippen LogP contribution >= 0.6 is 24.0 Å². The second-order valence-electron chi connectivity index (χ2n) is 1.65. The fourth-order valence-corrected chi connectivity index (χ4v) is 1.17. The molecule has 0 saturated heterocycles. The number of hydrogen-bond acceptors (Lipinski definition) is 5. The highest BCUT2D eigenvalue weighted by atomic mass is 32.1. The van der Waals surface area contributed by atoms with Gasteiger partial charge >= 0.3 is 0 Å². The molecule has 0 saturated carbocycles. The summed E-state index contributed by atoms with van der Waals surface area (Å²) in [6.07, 6.45) is 0. The van der Waals surface area contributed by atoms with Gasteiger partial charge in [-0.2, -0.15) is 12.6 Å². The monoisotopic (exact) mass is 161 g/mol. The maximum atomic E-state index is 5.33. The van der Waals surface area contributed by atoms with Gasteiger partial charge in [-0.3, -0.25) is 0 Å². The van der Waals surface area contributed by atoms with Crippen LogP contribution in [0.15, 0.2) is 0 Å². The Morgan fingerprint density at radius 3 is 2.56 bits per heavy atom. The summed E-state index contributed by atoms with van der Waals surface area (Å²) in [5.41, 5.74) is 5.33. The van der Waals surface area contributed by atoms with Crippen LogP contribution < -0.4 is 5.73 Å². The number of nitrogens with zero attached hydrogens (tertiary/aromatic N) is 2. The maximum absolute atomic E-state index is 5.33. The van der Waals surface area contributed by atoms with Gasteiger partial charge in [0.15, 0.2) is 0 Å². The molecule has 0 bridgehead atoms. The zero-order valence-corrected chi connectivity index (χ0v) is 6.62. The number of hydrogen-bond donors (Lipinski definition) is 2. The summed E-state index contributed by atoms with van der Waals surface area (Å²) in [6, 6.07) is 0. The molecule has 1 unspecified atom stereocenters. The van der Waals surface area contributed by atoms with Crippen LogP contribution in [0.1, 0.15) is 17.2 Å². The number of anilines is 1. The quantitative estimate of drug-likeness (QED) is 0.607. The number of nitrogens with two attached hydrogens (primary N) is 1. The molecule has 1 heterocycles. The topological polar surface area (TPSA) is 51.8 Å². The Kier molecular flexibility index (Phi) is 1.92. The van der Waals surface area contributed by atoms with Crippen LogP contribution in [0.4, 0.5) is 5.13 Å². The fraction of sp³-hybridized carbons (Fsp3) is 0.500. The molecule has 50 valence electrons. The summed E-state index contributed by atoms with van der Waals surface area (Å²) in [7, 11) is 0. The molecular weight excluding hydrogens is 154 g/mol. The van der Waals surface area contributed by atoms with E-state index in [1.54, 1.807) is 0 Å². The average Bonchev–Trinajstić information content (AvgIpc) is 2.14.